The number of ether oxygens (including phenoxy) is 4. The van der Waals surface area contributed by atoms with Crippen molar-refractivity contribution in [1.82, 2.24) is 0 Å². The van der Waals surface area contributed by atoms with Crippen molar-refractivity contribution in [2.24, 2.45) is 0 Å². The van der Waals surface area contributed by atoms with Gasteiger partial charge in [-0.3, -0.25) is 9.59 Å². The molecule has 3 aromatic rings. The number of nitrogens with one attached hydrogen (secondary N) is 1. The summed E-state index contributed by atoms with van der Waals surface area (Å²) < 4.78 is 22.7. The maximum Gasteiger partial charge on any atom is 0.340 e. The first-order valence-electron chi connectivity index (χ1n) is 10.7. The average Bonchev–Trinajstić information content (AvgIpc) is 3.04. The van der Waals surface area contributed by atoms with Gasteiger partial charge in [-0.15, -0.1) is 0 Å². The molecule has 0 amide bonds. The predicted molar refractivity (Wildman–Crippen MR) is 129 cm³/mol. The maximum absolute atomic E-state index is 13.2. The van der Waals surface area contributed by atoms with Crippen molar-refractivity contribution in [3.8, 4) is 23.0 Å². The van der Waals surface area contributed by atoms with Crippen LogP contribution in [0.15, 0.2) is 54.6 Å². The molecule has 176 valence electrons. The summed E-state index contributed by atoms with van der Waals surface area (Å²) in [5.74, 6) is -0.294. The summed E-state index contributed by atoms with van der Waals surface area (Å²) in [7, 11) is 0. The van der Waals surface area contributed by atoms with E-state index in [0.29, 0.717) is 44.4 Å². The zero-order chi connectivity index (χ0) is 24.9. The first-order chi connectivity index (χ1) is 16.7. The fourth-order valence-corrected chi connectivity index (χ4v) is 4.55. The van der Waals surface area contributed by atoms with Crippen molar-refractivity contribution < 1.29 is 33.3 Å². The van der Waals surface area contributed by atoms with Crippen molar-refractivity contribution >= 4 is 40.8 Å². The third kappa shape index (κ3) is 3.79. The van der Waals surface area contributed by atoms with Crippen LogP contribution in [0.3, 0.4) is 0 Å². The Morgan fingerprint density at radius 1 is 0.829 bits per heavy atom. The lowest BCUT2D eigenvalue weighted by molar-refractivity contribution is -0.132. The molecule has 0 unspecified atom stereocenters. The lowest BCUT2D eigenvalue weighted by Crippen LogP contribution is -2.33. The third-order valence-electron chi connectivity index (χ3n) is 5.59. The van der Waals surface area contributed by atoms with Crippen LogP contribution in [0, 0.1) is 0 Å². The molecule has 0 fully saturated rings. The average molecular weight is 490 g/mol. The van der Waals surface area contributed by atoms with Crippen molar-refractivity contribution in [1.29, 1.82) is 0 Å². The van der Waals surface area contributed by atoms with Crippen LogP contribution in [0.1, 0.15) is 47.8 Å². The Labute approximate surface area is 205 Å². The number of anilines is 1. The number of benzene rings is 3. The molecule has 35 heavy (non-hydrogen) atoms. The summed E-state index contributed by atoms with van der Waals surface area (Å²) in [6, 6.07) is 15.0. The number of esters is 3. The first kappa shape index (κ1) is 22.5. The molecule has 0 bridgehead atoms. The highest BCUT2D eigenvalue weighted by molar-refractivity contribution is 7.80. The van der Waals surface area contributed by atoms with E-state index >= 15 is 0 Å². The molecule has 2 aliphatic rings. The highest BCUT2D eigenvalue weighted by atomic mass is 32.1. The van der Waals surface area contributed by atoms with Crippen molar-refractivity contribution in [2.45, 2.75) is 26.4 Å². The summed E-state index contributed by atoms with van der Waals surface area (Å²) >= 11 is 5.13. The van der Waals surface area contributed by atoms with Gasteiger partial charge in [0.25, 0.3) is 0 Å². The van der Waals surface area contributed by atoms with Gasteiger partial charge in [0, 0.05) is 48.4 Å². The van der Waals surface area contributed by atoms with Crippen molar-refractivity contribution in [3.05, 3.63) is 76.9 Å². The van der Waals surface area contributed by atoms with E-state index in [1.807, 2.05) is 6.07 Å². The number of hydrogen-bond donors (Lipinski definition) is 1. The van der Waals surface area contributed by atoms with E-state index in [9.17, 15) is 14.4 Å². The molecule has 1 spiro atoms. The molecule has 0 saturated heterocycles. The minimum absolute atomic E-state index is 0.270. The van der Waals surface area contributed by atoms with Crippen LogP contribution in [0.5, 0.6) is 23.0 Å². The van der Waals surface area contributed by atoms with E-state index in [2.05, 4.69) is 5.32 Å². The first-order valence-corrected chi connectivity index (χ1v) is 11.1. The van der Waals surface area contributed by atoms with E-state index < -0.39 is 23.5 Å². The molecule has 5 rings (SSSR count). The summed E-state index contributed by atoms with van der Waals surface area (Å²) in [6.07, 6.45) is 0. The fraction of sp³-hybridized carbons (Fsp3) is 0.154. The van der Waals surface area contributed by atoms with Crippen LogP contribution in [-0.4, -0.2) is 22.9 Å². The maximum atomic E-state index is 13.2. The van der Waals surface area contributed by atoms with Crippen LogP contribution in [0.2, 0.25) is 0 Å². The molecule has 0 radical (unpaired) electrons. The molecule has 0 aliphatic carbocycles. The SMILES string of the molecule is CC(=O)Oc1ccc2c(c1)Oc1cc(OC(C)=O)ccc1C21OC(=O)c2cc(NC(C)=S)ccc21. The number of thiocarbonyl (C=S) groups is 1. The van der Waals surface area contributed by atoms with Gasteiger partial charge >= 0.3 is 17.9 Å². The fourth-order valence-electron chi connectivity index (χ4n) is 4.43. The summed E-state index contributed by atoms with van der Waals surface area (Å²) in [5, 5.41) is 3.04. The Bertz CT molecular complexity index is 1380. The Morgan fingerprint density at radius 2 is 1.37 bits per heavy atom. The number of rotatable bonds is 3. The van der Waals surface area contributed by atoms with Gasteiger partial charge < -0.3 is 24.3 Å². The van der Waals surface area contributed by atoms with E-state index in [-0.39, 0.29) is 11.5 Å². The molecule has 8 nitrogen and oxygen atoms in total. The van der Waals surface area contributed by atoms with E-state index in [1.165, 1.54) is 13.8 Å². The normalized spacial score (nSPS) is 14.1. The molecular weight excluding hydrogens is 470 g/mol. The smallest absolute Gasteiger partial charge is 0.340 e. The van der Waals surface area contributed by atoms with Crippen molar-refractivity contribution in [3.63, 3.8) is 0 Å². The van der Waals surface area contributed by atoms with Gasteiger partial charge in [-0.1, -0.05) is 18.3 Å². The minimum Gasteiger partial charge on any atom is -0.456 e. The van der Waals surface area contributed by atoms with E-state index in [0.717, 1.165) is 0 Å². The zero-order valence-corrected chi connectivity index (χ0v) is 19.8. The van der Waals surface area contributed by atoms with Crippen LogP contribution in [0.4, 0.5) is 5.69 Å². The molecule has 3 aromatic carbocycles. The molecule has 0 atom stereocenters. The van der Waals surface area contributed by atoms with Crippen molar-refractivity contribution in [2.75, 3.05) is 5.32 Å². The molecule has 0 aromatic heterocycles. The van der Waals surface area contributed by atoms with Crippen LogP contribution in [0.25, 0.3) is 0 Å². The zero-order valence-electron chi connectivity index (χ0n) is 19.0. The number of carbonyl (C=O) groups excluding carboxylic acids is 3. The van der Waals surface area contributed by atoms with Crippen LogP contribution < -0.4 is 19.5 Å². The lowest BCUT2D eigenvalue weighted by Gasteiger charge is -2.36. The second kappa shape index (κ2) is 8.21. The van der Waals surface area contributed by atoms with Gasteiger partial charge in [-0.25, -0.2) is 4.79 Å². The molecule has 0 saturated carbocycles. The lowest BCUT2D eigenvalue weighted by atomic mass is 9.77. The number of carbonyl (C=O) groups is 3. The Morgan fingerprint density at radius 3 is 1.89 bits per heavy atom. The van der Waals surface area contributed by atoms with E-state index in [4.69, 9.17) is 31.2 Å². The predicted octanol–water partition coefficient (Wildman–Crippen LogP) is 4.86. The number of fused-ring (bicyclic) bond motifs is 6. The van der Waals surface area contributed by atoms with Gasteiger partial charge in [0.1, 0.15) is 23.0 Å². The highest BCUT2D eigenvalue weighted by Gasteiger charge is 2.53. The molecule has 9 heteroatoms. The standard InChI is InChI=1S/C26H19NO7S/c1-13(35)27-16-4-7-20-19(10-16)25(30)34-26(20)21-8-5-17(31-14(2)28)11-23(21)33-24-12-18(32-15(3)29)6-9-22(24)26/h4-12H,1-3H3,(H,27,35). The molecule has 2 heterocycles. The van der Waals surface area contributed by atoms with Gasteiger partial charge in [0.2, 0.25) is 0 Å². The Balaban J connectivity index is 1.74. The van der Waals surface area contributed by atoms with Gasteiger partial charge in [-0.05, 0) is 43.3 Å². The molecular formula is C26H19NO7S. The Kier molecular flexibility index (Phi) is 5.29. The van der Waals surface area contributed by atoms with Gasteiger partial charge in [-0.2, -0.15) is 0 Å². The monoisotopic (exact) mass is 489 g/mol. The second-order valence-electron chi connectivity index (χ2n) is 8.12. The second-order valence-corrected chi connectivity index (χ2v) is 8.73. The Hall–Kier alpha value is -4.24. The topological polar surface area (TPSA) is 100 Å². The summed E-state index contributed by atoms with van der Waals surface area (Å²) in [6.45, 7) is 4.34. The molecule has 1 N–H and O–H groups in total. The number of hydrogen-bond acceptors (Lipinski definition) is 8. The quantitative estimate of drug-likeness (QED) is 0.314. The minimum atomic E-state index is -1.33. The van der Waals surface area contributed by atoms with Gasteiger partial charge in [0.15, 0.2) is 5.60 Å². The van der Waals surface area contributed by atoms with Crippen LogP contribution in [-0.2, 0) is 19.9 Å². The third-order valence-corrected chi connectivity index (χ3v) is 5.69. The molecule has 2 aliphatic heterocycles. The summed E-state index contributed by atoms with van der Waals surface area (Å²) in [4.78, 5) is 36.7. The van der Waals surface area contributed by atoms with E-state index in [1.54, 1.807) is 55.5 Å². The van der Waals surface area contributed by atoms with Crippen LogP contribution >= 0.6 is 12.2 Å². The highest BCUT2D eigenvalue weighted by Crippen LogP contribution is 2.57. The van der Waals surface area contributed by atoms with Gasteiger partial charge in [0.05, 0.1) is 10.6 Å². The summed E-state index contributed by atoms with van der Waals surface area (Å²) in [5.41, 5.74) is 1.43. The largest absolute Gasteiger partial charge is 0.456 e.